The number of carbonyl (C=O) groups excluding carboxylic acids is 2. The van der Waals surface area contributed by atoms with Crippen molar-refractivity contribution in [3.8, 4) is 12.1 Å². The summed E-state index contributed by atoms with van der Waals surface area (Å²) in [4.78, 5) is 23.7. The highest BCUT2D eigenvalue weighted by Crippen LogP contribution is 2.19. The van der Waals surface area contributed by atoms with Crippen LogP contribution in [0.4, 0.5) is 0 Å². The molecule has 0 aliphatic rings. The Morgan fingerprint density at radius 3 is 1.47 bits per heavy atom. The molecule has 0 heterocycles. The molecule has 0 fully saturated rings. The minimum atomic E-state index is -1.07. The van der Waals surface area contributed by atoms with E-state index in [-0.39, 0.29) is 38.9 Å². The maximum Gasteiger partial charge on any atom is 0.306 e. The largest absolute Gasteiger partial charge is 0.462 e. The Bertz CT molecular complexity index is 652. The van der Waals surface area contributed by atoms with Crippen LogP contribution in [0.25, 0.3) is 0 Å². The summed E-state index contributed by atoms with van der Waals surface area (Å²) in [7, 11) is 0. The van der Waals surface area contributed by atoms with Crippen LogP contribution in [0.2, 0.25) is 0 Å². The molecule has 0 amide bonds. The number of nitriles is 2. The van der Waals surface area contributed by atoms with E-state index in [9.17, 15) is 20.1 Å². The summed E-state index contributed by atoms with van der Waals surface area (Å²) in [6, 6.07) is 4.14. The lowest BCUT2D eigenvalue weighted by molar-refractivity contribution is -0.152. The molecule has 178 valence electrons. The average molecular weight is 449 g/mol. The van der Waals surface area contributed by atoms with Crippen molar-refractivity contribution >= 4 is 11.9 Å². The van der Waals surface area contributed by atoms with Crippen LogP contribution in [0.3, 0.4) is 0 Å². The quantitative estimate of drug-likeness (QED) is 0.179. The van der Waals surface area contributed by atoms with E-state index < -0.39 is 23.0 Å². The van der Waals surface area contributed by atoms with E-state index >= 15 is 0 Å². The van der Waals surface area contributed by atoms with Crippen LogP contribution >= 0.6 is 0 Å². The summed E-state index contributed by atoms with van der Waals surface area (Å²) in [5.41, 5.74) is -2.14. The fraction of sp³-hybridized carbons (Fsp3) is 0.818. The summed E-state index contributed by atoms with van der Waals surface area (Å²) in [6.45, 7) is 8.26. The molecular weight excluding hydrogens is 412 g/mol. The summed E-state index contributed by atoms with van der Waals surface area (Å²) in [5.74, 6) is -1.01. The van der Waals surface area contributed by atoms with E-state index in [1.54, 1.807) is 13.8 Å². The SMILES string of the molecule is CCCCN=NC(C)(C#N)CCC(=O)OCCOC(=O)CCC(C)(C#N)N=NCCCC. The van der Waals surface area contributed by atoms with Gasteiger partial charge in [0.1, 0.15) is 13.2 Å². The Morgan fingerprint density at radius 1 is 0.781 bits per heavy atom. The Hall–Kier alpha value is -2.88. The monoisotopic (exact) mass is 448 g/mol. The van der Waals surface area contributed by atoms with E-state index in [1.807, 2.05) is 13.8 Å². The predicted molar refractivity (Wildman–Crippen MR) is 118 cm³/mol. The van der Waals surface area contributed by atoms with Gasteiger partial charge in [0.15, 0.2) is 11.1 Å². The Kier molecular flexibility index (Phi) is 15.3. The second-order valence-corrected chi connectivity index (χ2v) is 7.85. The first-order valence-corrected chi connectivity index (χ1v) is 11.1. The molecule has 10 heteroatoms. The minimum absolute atomic E-state index is 0.00830. The van der Waals surface area contributed by atoms with Crippen LogP contribution < -0.4 is 0 Å². The van der Waals surface area contributed by atoms with Crippen molar-refractivity contribution in [2.75, 3.05) is 26.3 Å². The summed E-state index contributed by atoms with van der Waals surface area (Å²) < 4.78 is 10.1. The van der Waals surface area contributed by atoms with Gasteiger partial charge in [-0.15, -0.1) is 0 Å². The van der Waals surface area contributed by atoms with Crippen molar-refractivity contribution in [1.82, 2.24) is 0 Å². The van der Waals surface area contributed by atoms with Crippen LogP contribution in [-0.2, 0) is 19.1 Å². The lowest BCUT2D eigenvalue weighted by atomic mass is 9.99. The first kappa shape index (κ1) is 29.1. The smallest absolute Gasteiger partial charge is 0.306 e. The van der Waals surface area contributed by atoms with E-state index in [1.165, 1.54) is 0 Å². The van der Waals surface area contributed by atoms with Crippen LogP contribution in [0.1, 0.15) is 79.1 Å². The molecule has 0 spiro atoms. The second-order valence-electron chi connectivity index (χ2n) is 7.85. The molecule has 32 heavy (non-hydrogen) atoms. The molecule has 0 aliphatic carbocycles. The van der Waals surface area contributed by atoms with Crippen molar-refractivity contribution < 1.29 is 19.1 Å². The number of rotatable bonds is 17. The number of esters is 2. The number of unbranched alkanes of at least 4 members (excludes halogenated alkanes) is 2. The van der Waals surface area contributed by atoms with E-state index in [4.69, 9.17) is 9.47 Å². The fourth-order valence-corrected chi connectivity index (χ4v) is 2.27. The average Bonchev–Trinajstić information content (AvgIpc) is 2.80. The second kappa shape index (κ2) is 16.8. The van der Waals surface area contributed by atoms with Gasteiger partial charge in [0.25, 0.3) is 0 Å². The number of ether oxygens (including phenoxy) is 2. The lowest BCUT2D eigenvalue weighted by Crippen LogP contribution is -2.23. The summed E-state index contributed by atoms with van der Waals surface area (Å²) >= 11 is 0. The number of azo groups is 2. The third kappa shape index (κ3) is 14.2. The Balaban J connectivity index is 4.18. The van der Waals surface area contributed by atoms with Gasteiger partial charge in [0.2, 0.25) is 0 Å². The van der Waals surface area contributed by atoms with E-state index in [2.05, 4.69) is 32.6 Å². The van der Waals surface area contributed by atoms with Crippen molar-refractivity contribution in [3.05, 3.63) is 0 Å². The van der Waals surface area contributed by atoms with Gasteiger partial charge in [-0.3, -0.25) is 9.59 Å². The number of hydrogen-bond acceptors (Lipinski definition) is 10. The van der Waals surface area contributed by atoms with Crippen LogP contribution in [0.15, 0.2) is 20.5 Å². The number of hydrogen-bond donors (Lipinski definition) is 0. The van der Waals surface area contributed by atoms with E-state index in [0.717, 1.165) is 25.7 Å². The normalized spacial score (nSPS) is 14.9. The third-order valence-corrected chi connectivity index (χ3v) is 4.53. The zero-order chi connectivity index (χ0) is 24.3. The highest BCUT2D eigenvalue weighted by Gasteiger charge is 2.26. The molecule has 10 nitrogen and oxygen atoms in total. The molecule has 0 N–H and O–H groups in total. The van der Waals surface area contributed by atoms with Crippen LogP contribution in [-0.4, -0.2) is 49.3 Å². The maximum absolute atomic E-state index is 11.9. The Labute approximate surface area is 191 Å². The molecule has 2 unspecified atom stereocenters. The number of nitrogens with zero attached hydrogens (tertiary/aromatic N) is 6. The van der Waals surface area contributed by atoms with E-state index in [0.29, 0.717) is 13.1 Å². The predicted octanol–water partition coefficient (Wildman–Crippen LogP) is 4.70. The molecule has 0 rings (SSSR count). The summed E-state index contributed by atoms with van der Waals surface area (Å²) in [5, 5.41) is 34.6. The van der Waals surface area contributed by atoms with Crippen molar-refractivity contribution in [2.24, 2.45) is 20.5 Å². The van der Waals surface area contributed by atoms with Gasteiger partial charge in [-0.2, -0.15) is 31.0 Å². The van der Waals surface area contributed by atoms with Gasteiger partial charge in [-0.1, -0.05) is 26.7 Å². The topological polar surface area (TPSA) is 150 Å². The molecule has 0 saturated heterocycles. The van der Waals surface area contributed by atoms with Gasteiger partial charge in [0.05, 0.1) is 25.2 Å². The molecule has 0 aromatic rings. The van der Waals surface area contributed by atoms with Crippen molar-refractivity contribution in [1.29, 1.82) is 10.5 Å². The molecular formula is C22H36N6O4. The number of carbonyl (C=O) groups is 2. The van der Waals surface area contributed by atoms with Gasteiger partial charge < -0.3 is 9.47 Å². The van der Waals surface area contributed by atoms with Gasteiger partial charge in [0, 0.05) is 12.8 Å². The van der Waals surface area contributed by atoms with Crippen LogP contribution in [0.5, 0.6) is 0 Å². The standard InChI is InChI=1S/C22H36N6O4/c1-5-7-13-25-27-21(3,17-23)11-9-19(29)31-15-16-32-20(30)10-12-22(4,18-24)28-26-14-8-6-2/h5-16H2,1-4H3. The van der Waals surface area contributed by atoms with Gasteiger partial charge in [-0.05, 0) is 39.5 Å². The first-order chi connectivity index (χ1) is 15.2. The molecule has 0 saturated carbocycles. The highest BCUT2D eigenvalue weighted by atomic mass is 16.6. The Morgan fingerprint density at radius 2 is 1.16 bits per heavy atom. The first-order valence-electron chi connectivity index (χ1n) is 11.1. The lowest BCUT2D eigenvalue weighted by Gasteiger charge is -2.15. The maximum atomic E-state index is 11.9. The van der Waals surface area contributed by atoms with Crippen molar-refractivity contribution in [3.63, 3.8) is 0 Å². The zero-order valence-corrected chi connectivity index (χ0v) is 19.8. The molecule has 0 radical (unpaired) electrons. The molecule has 0 aromatic carbocycles. The fourth-order valence-electron chi connectivity index (χ4n) is 2.27. The van der Waals surface area contributed by atoms with Crippen molar-refractivity contribution in [2.45, 2.75) is 90.1 Å². The molecule has 0 aliphatic heterocycles. The third-order valence-electron chi connectivity index (χ3n) is 4.53. The highest BCUT2D eigenvalue weighted by molar-refractivity contribution is 5.70. The van der Waals surface area contributed by atoms with Gasteiger partial charge >= 0.3 is 11.9 Å². The van der Waals surface area contributed by atoms with Gasteiger partial charge in [-0.25, -0.2) is 0 Å². The van der Waals surface area contributed by atoms with Crippen LogP contribution in [0, 0.1) is 22.7 Å². The minimum Gasteiger partial charge on any atom is -0.462 e. The summed E-state index contributed by atoms with van der Waals surface area (Å²) in [6.07, 6.45) is 4.16. The molecule has 0 bridgehead atoms. The molecule has 0 aromatic heterocycles. The zero-order valence-electron chi connectivity index (χ0n) is 19.8. The molecule has 2 atom stereocenters.